The summed E-state index contributed by atoms with van der Waals surface area (Å²) >= 11 is 0. The molecule has 0 fully saturated rings. The average Bonchev–Trinajstić information content (AvgIpc) is 2.57. The first-order valence-electron chi connectivity index (χ1n) is 8.80. The van der Waals surface area contributed by atoms with Crippen LogP contribution in [0.1, 0.15) is 36.5 Å². The second-order valence-corrected chi connectivity index (χ2v) is 6.17. The molecule has 1 aliphatic heterocycles. The van der Waals surface area contributed by atoms with Crippen LogP contribution in [-0.2, 0) is 19.5 Å². The summed E-state index contributed by atoms with van der Waals surface area (Å²) in [5.74, 6) is 2.35. The van der Waals surface area contributed by atoms with E-state index in [1.165, 1.54) is 0 Å². The third kappa shape index (κ3) is 4.02. The average molecular weight is 343 g/mol. The van der Waals surface area contributed by atoms with Gasteiger partial charge in [-0.05, 0) is 33.3 Å². The Hall–Kier alpha value is -2.34. The summed E-state index contributed by atoms with van der Waals surface area (Å²) in [5, 5.41) is 0. The molecule has 0 atom stereocenters. The molecule has 1 aromatic carbocycles. The summed E-state index contributed by atoms with van der Waals surface area (Å²) in [5.41, 5.74) is 2.82. The van der Waals surface area contributed by atoms with Crippen LogP contribution in [0, 0.1) is 6.92 Å². The molecule has 2 heterocycles. The molecule has 134 valence electrons. The number of benzene rings is 1. The molecule has 0 aliphatic carbocycles. The van der Waals surface area contributed by atoms with E-state index in [2.05, 4.69) is 20.9 Å². The number of nitrogens with zero attached hydrogens (tertiary/aromatic N) is 2. The lowest BCUT2D eigenvalue weighted by Gasteiger charge is -2.28. The number of aromatic nitrogens is 2. The smallest absolute Gasteiger partial charge is 0.254 e. The maximum absolute atomic E-state index is 12.0. The SMILES string of the molecule is CCOc1ccc(CN2CCc3c(nc(C)[nH]c3=O)C2)c(OCC)c1. The van der Waals surface area contributed by atoms with E-state index in [1.807, 2.05) is 32.9 Å². The number of H-pyrrole nitrogens is 1. The van der Waals surface area contributed by atoms with Gasteiger partial charge in [-0.1, -0.05) is 6.07 Å². The van der Waals surface area contributed by atoms with Gasteiger partial charge in [-0.2, -0.15) is 0 Å². The van der Waals surface area contributed by atoms with Gasteiger partial charge in [0.2, 0.25) is 0 Å². The van der Waals surface area contributed by atoms with Crippen molar-refractivity contribution in [1.29, 1.82) is 0 Å². The van der Waals surface area contributed by atoms with Gasteiger partial charge in [-0.25, -0.2) is 4.98 Å². The van der Waals surface area contributed by atoms with Crippen LogP contribution in [0.25, 0.3) is 0 Å². The lowest BCUT2D eigenvalue weighted by molar-refractivity contribution is 0.234. The maximum Gasteiger partial charge on any atom is 0.254 e. The zero-order chi connectivity index (χ0) is 17.8. The first-order valence-corrected chi connectivity index (χ1v) is 8.80. The van der Waals surface area contributed by atoms with Crippen molar-refractivity contribution in [3.8, 4) is 11.5 Å². The van der Waals surface area contributed by atoms with Crippen LogP contribution in [0.2, 0.25) is 0 Å². The lowest BCUT2D eigenvalue weighted by atomic mass is 10.1. The largest absolute Gasteiger partial charge is 0.494 e. The fourth-order valence-electron chi connectivity index (χ4n) is 3.21. The predicted octanol–water partition coefficient (Wildman–Crippen LogP) is 2.43. The third-order valence-corrected chi connectivity index (χ3v) is 4.31. The molecule has 1 N–H and O–H groups in total. The highest BCUT2D eigenvalue weighted by Gasteiger charge is 2.21. The number of nitrogens with one attached hydrogen (secondary N) is 1. The highest BCUT2D eigenvalue weighted by Crippen LogP contribution is 2.27. The topological polar surface area (TPSA) is 67.5 Å². The first-order chi connectivity index (χ1) is 12.1. The Morgan fingerprint density at radius 1 is 1.24 bits per heavy atom. The maximum atomic E-state index is 12.0. The Kier molecular flexibility index (Phi) is 5.38. The van der Waals surface area contributed by atoms with Gasteiger partial charge in [0, 0.05) is 36.8 Å². The molecular formula is C19H25N3O3. The predicted molar refractivity (Wildman–Crippen MR) is 96.2 cm³/mol. The number of aryl methyl sites for hydroxylation is 1. The zero-order valence-electron chi connectivity index (χ0n) is 15.1. The summed E-state index contributed by atoms with van der Waals surface area (Å²) in [7, 11) is 0. The van der Waals surface area contributed by atoms with Crippen molar-refractivity contribution in [2.24, 2.45) is 0 Å². The molecule has 1 aromatic heterocycles. The third-order valence-electron chi connectivity index (χ3n) is 4.31. The van der Waals surface area contributed by atoms with E-state index in [1.54, 1.807) is 0 Å². The van der Waals surface area contributed by atoms with Crippen LogP contribution in [0.15, 0.2) is 23.0 Å². The summed E-state index contributed by atoms with van der Waals surface area (Å²) in [4.78, 5) is 21.6. The molecule has 2 aromatic rings. The Balaban J connectivity index is 1.79. The Bertz CT molecular complexity index is 801. The molecular weight excluding hydrogens is 318 g/mol. The molecule has 0 radical (unpaired) electrons. The fraction of sp³-hybridized carbons (Fsp3) is 0.474. The van der Waals surface area contributed by atoms with E-state index in [4.69, 9.17) is 9.47 Å². The number of rotatable bonds is 6. The van der Waals surface area contributed by atoms with E-state index in [9.17, 15) is 4.79 Å². The van der Waals surface area contributed by atoms with Crippen LogP contribution >= 0.6 is 0 Å². The van der Waals surface area contributed by atoms with Crippen LogP contribution < -0.4 is 15.0 Å². The van der Waals surface area contributed by atoms with Crippen LogP contribution in [0.4, 0.5) is 0 Å². The molecule has 25 heavy (non-hydrogen) atoms. The molecule has 6 heteroatoms. The quantitative estimate of drug-likeness (QED) is 0.872. The number of hydrogen-bond donors (Lipinski definition) is 1. The van der Waals surface area contributed by atoms with E-state index in [0.29, 0.717) is 25.6 Å². The molecule has 0 unspecified atom stereocenters. The molecule has 3 rings (SSSR count). The van der Waals surface area contributed by atoms with Crippen molar-refractivity contribution >= 4 is 0 Å². The highest BCUT2D eigenvalue weighted by molar-refractivity contribution is 5.41. The van der Waals surface area contributed by atoms with Crippen LogP contribution in [-0.4, -0.2) is 34.6 Å². The van der Waals surface area contributed by atoms with Crippen molar-refractivity contribution in [2.75, 3.05) is 19.8 Å². The van der Waals surface area contributed by atoms with E-state index in [-0.39, 0.29) is 5.56 Å². The molecule has 0 spiro atoms. The Morgan fingerprint density at radius 2 is 2.04 bits per heavy atom. The minimum Gasteiger partial charge on any atom is -0.494 e. The summed E-state index contributed by atoms with van der Waals surface area (Å²) in [6.07, 6.45) is 0.721. The van der Waals surface area contributed by atoms with Crippen molar-refractivity contribution in [1.82, 2.24) is 14.9 Å². The van der Waals surface area contributed by atoms with Gasteiger partial charge in [-0.15, -0.1) is 0 Å². The number of aromatic amines is 1. The minimum absolute atomic E-state index is 0.00165. The van der Waals surface area contributed by atoms with Crippen molar-refractivity contribution in [2.45, 2.75) is 40.3 Å². The monoisotopic (exact) mass is 343 g/mol. The van der Waals surface area contributed by atoms with E-state index >= 15 is 0 Å². The fourth-order valence-corrected chi connectivity index (χ4v) is 3.21. The Labute approximate surface area is 147 Å². The second-order valence-electron chi connectivity index (χ2n) is 6.17. The normalized spacial score (nSPS) is 14.2. The molecule has 0 saturated heterocycles. The van der Waals surface area contributed by atoms with Gasteiger partial charge in [0.25, 0.3) is 5.56 Å². The molecule has 0 amide bonds. The van der Waals surface area contributed by atoms with Crippen LogP contribution in [0.5, 0.6) is 11.5 Å². The molecule has 0 saturated carbocycles. The Morgan fingerprint density at radius 3 is 2.80 bits per heavy atom. The lowest BCUT2D eigenvalue weighted by Crippen LogP contribution is -2.35. The van der Waals surface area contributed by atoms with Gasteiger partial charge in [0.05, 0.1) is 18.9 Å². The zero-order valence-corrected chi connectivity index (χ0v) is 15.1. The number of hydrogen-bond acceptors (Lipinski definition) is 5. The first kappa shape index (κ1) is 17.5. The van der Waals surface area contributed by atoms with Gasteiger partial charge < -0.3 is 14.5 Å². The number of fused-ring (bicyclic) bond motifs is 1. The summed E-state index contributed by atoms with van der Waals surface area (Å²) in [6, 6.07) is 5.99. The van der Waals surface area contributed by atoms with Crippen molar-refractivity contribution in [3.63, 3.8) is 0 Å². The highest BCUT2D eigenvalue weighted by atomic mass is 16.5. The van der Waals surface area contributed by atoms with Crippen molar-refractivity contribution in [3.05, 3.63) is 51.2 Å². The summed E-state index contributed by atoms with van der Waals surface area (Å²) < 4.78 is 11.4. The van der Waals surface area contributed by atoms with Gasteiger partial charge in [-0.3, -0.25) is 9.69 Å². The van der Waals surface area contributed by atoms with E-state index < -0.39 is 0 Å². The van der Waals surface area contributed by atoms with Crippen molar-refractivity contribution < 1.29 is 9.47 Å². The molecule has 1 aliphatic rings. The van der Waals surface area contributed by atoms with Crippen LogP contribution in [0.3, 0.4) is 0 Å². The van der Waals surface area contributed by atoms with E-state index in [0.717, 1.165) is 47.8 Å². The summed E-state index contributed by atoms with van der Waals surface area (Å²) in [6.45, 7) is 9.28. The number of ether oxygens (including phenoxy) is 2. The van der Waals surface area contributed by atoms with Gasteiger partial charge in [0.15, 0.2) is 0 Å². The standard InChI is InChI=1S/C19H25N3O3/c1-4-24-15-7-6-14(18(10-15)25-5-2)11-22-9-8-16-17(12-22)20-13(3)21-19(16)23/h6-7,10H,4-5,8-9,11-12H2,1-3H3,(H,20,21,23). The molecule has 6 nitrogen and oxygen atoms in total. The van der Waals surface area contributed by atoms with Gasteiger partial charge >= 0.3 is 0 Å². The van der Waals surface area contributed by atoms with Gasteiger partial charge in [0.1, 0.15) is 17.3 Å². The minimum atomic E-state index is -0.00165. The second kappa shape index (κ2) is 7.70. The molecule has 0 bridgehead atoms.